The van der Waals surface area contributed by atoms with Gasteiger partial charge in [-0.1, -0.05) is 43.8 Å². The number of rotatable bonds is 4. The third kappa shape index (κ3) is 2.58. The molecule has 2 heterocycles. The molecule has 0 spiro atoms. The monoisotopic (exact) mass is 299 g/mol. The van der Waals surface area contributed by atoms with E-state index in [9.17, 15) is 0 Å². The second-order valence-electron chi connectivity index (χ2n) is 5.05. The van der Waals surface area contributed by atoms with E-state index >= 15 is 0 Å². The Bertz CT molecular complexity index is 784. The number of thioether (sulfide) groups is 1. The number of hydrogen-bond acceptors (Lipinski definition) is 4. The van der Waals surface area contributed by atoms with Gasteiger partial charge in [-0.15, -0.1) is 10.2 Å². The van der Waals surface area contributed by atoms with Crippen LogP contribution in [0.25, 0.3) is 10.9 Å². The highest BCUT2D eigenvalue weighted by Gasteiger charge is 2.13. The Morgan fingerprint density at radius 3 is 2.86 bits per heavy atom. The molecule has 6 heteroatoms. The molecule has 0 unspecified atom stereocenters. The average Bonchev–Trinajstić information content (AvgIpc) is 3.08. The summed E-state index contributed by atoms with van der Waals surface area (Å²) in [6.07, 6.45) is 5.80. The smallest absolute Gasteiger partial charge is 0.211 e. The molecule has 0 atom stereocenters. The first kappa shape index (κ1) is 13.9. The lowest BCUT2D eigenvalue weighted by molar-refractivity contribution is 0.668. The molecule has 5 nitrogen and oxygen atoms in total. The van der Waals surface area contributed by atoms with E-state index in [0.29, 0.717) is 0 Å². The van der Waals surface area contributed by atoms with Crippen molar-refractivity contribution in [1.29, 1.82) is 0 Å². The summed E-state index contributed by atoms with van der Waals surface area (Å²) in [5, 5.41) is 14.9. The lowest BCUT2D eigenvalue weighted by Crippen LogP contribution is -2.01. The summed E-state index contributed by atoms with van der Waals surface area (Å²) in [7, 11) is 0. The van der Waals surface area contributed by atoms with Gasteiger partial charge in [-0.25, -0.2) is 0 Å². The fraction of sp³-hybridized carbons (Fsp3) is 0.267. The van der Waals surface area contributed by atoms with Crippen molar-refractivity contribution >= 4 is 28.9 Å². The number of hydrogen-bond donors (Lipinski definition) is 1. The highest BCUT2D eigenvalue weighted by atomic mass is 32.2. The summed E-state index contributed by atoms with van der Waals surface area (Å²) < 4.78 is 1.82. The molecule has 21 heavy (non-hydrogen) atoms. The number of aromatic amines is 1. The minimum absolute atomic E-state index is 0.276. The summed E-state index contributed by atoms with van der Waals surface area (Å²) in [6, 6.07) is 8.18. The average molecular weight is 299 g/mol. The number of nitrogens with one attached hydrogen (secondary N) is 1. The van der Waals surface area contributed by atoms with Crippen LogP contribution in [0.4, 0.5) is 0 Å². The van der Waals surface area contributed by atoms with Gasteiger partial charge in [-0.3, -0.25) is 0 Å². The van der Waals surface area contributed by atoms with E-state index in [0.717, 1.165) is 27.4 Å². The van der Waals surface area contributed by atoms with Crippen LogP contribution in [0.5, 0.6) is 0 Å². The van der Waals surface area contributed by atoms with Crippen molar-refractivity contribution in [2.45, 2.75) is 24.9 Å². The van der Waals surface area contributed by atoms with Crippen LogP contribution in [0.3, 0.4) is 0 Å². The lowest BCUT2D eigenvalue weighted by atomic mass is 10.2. The number of para-hydroxylation sites is 1. The van der Waals surface area contributed by atoms with E-state index in [4.69, 9.17) is 0 Å². The van der Waals surface area contributed by atoms with E-state index in [2.05, 4.69) is 46.3 Å². The van der Waals surface area contributed by atoms with Crippen LogP contribution >= 0.6 is 11.8 Å². The number of nitrogens with zero attached hydrogens (tertiary/aromatic N) is 4. The zero-order chi connectivity index (χ0) is 14.8. The van der Waals surface area contributed by atoms with E-state index in [1.165, 1.54) is 0 Å². The third-order valence-corrected chi connectivity index (χ3v) is 3.89. The molecular weight excluding hydrogens is 282 g/mol. The summed E-state index contributed by atoms with van der Waals surface area (Å²) in [5.41, 5.74) is 2.16. The molecule has 3 rings (SSSR count). The van der Waals surface area contributed by atoms with Crippen molar-refractivity contribution in [3.8, 4) is 0 Å². The molecule has 0 saturated heterocycles. The Morgan fingerprint density at radius 1 is 1.29 bits per heavy atom. The Balaban J connectivity index is 2.01. The van der Waals surface area contributed by atoms with Crippen LogP contribution in [-0.4, -0.2) is 32.3 Å². The molecule has 0 fully saturated rings. The summed E-state index contributed by atoms with van der Waals surface area (Å²) in [6.45, 7) is 4.18. The van der Waals surface area contributed by atoms with Crippen LogP contribution in [0.1, 0.15) is 31.2 Å². The van der Waals surface area contributed by atoms with Crippen molar-refractivity contribution in [1.82, 2.24) is 19.9 Å². The molecule has 0 aliphatic heterocycles. The molecule has 2 aromatic heterocycles. The van der Waals surface area contributed by atoms with Crippen LogP contribution < -0.4 is 0 Å². The predicted octanol–water partition coefficient (Wildman–Crippen LogP) is 3.49. The highest BCUT2D eigenvalue weighted by Crippen LogP contribution is 2.20. The zero-order valence-corrected chi connectivity index (χ0v) is 13.1. The van der Waals surface area contributed by atoms with Crippen molar-refractivity contribution in [3.63, 3.8) is 0 Å². The Hall–Kier alpha value is -2.08. The first-order valence-corrected chi connectivity index (χ1v) is 8.03. The van der Waals surface area contributed by atoms with Crippen LogP contribution in [0, 0.1) is 0 Å². The molecule has 1 aromatic carbocycles. The number of fused-ring (bicyclic) bond motifs is 1. The summed E-state index contributed by atoms with van der Waals surface area (Å²) in [4.78, 5) is 3.25. The lowest BCUT2D eigenvalue weighted by Gasteiger charge is -2.04. The Kier molecular flexibility index (Phi) is 3.79. The van der Waals surface area contributed by atoms with Gasteiger partial charge in [-0.2, -0.15) is 9.78 Å². The van der Waals surface area contributed by atoms with E-state index in [-0.39, 0.29) is 5.92 Å². The molecule has 0 aliphatic carbocycles. The fourth-order valence-corrected chi connectivity index (χ4v) is 2.63. The van der Waals surface area contributed by atoms with Gasteiger partial charge >= 0.3 is 0 Å². The van der Waals surface area contributed by atoms with Crippen molar-refractivity contribution in [2.75, 3.05) is 6.26 Å². The fourth-order valence-electron chi connectivity index (χ4n) is 2.19. The Morgan fingerprint density at radius 2 is 2.10 bits per heavy atom. The number of H-pyrrole nitrogens is 1. The van der Waals surface area contributed by atoms with Gasteiger partial charge in [0.2, 0.25) is 5.16 Å². The van der Waals surface area contributed by atoms with Gasteiger partial charge in [0.1, 0.15) is 0 Å². The normalized spacial score (nSPS) is 12.0. The zero-order valence-electron chi connectivity index (χ0n) is 12.2. The van der Waals surface area contributed by atoms with E-state index in [1.54, 1.807) is 11.8 Å². The predicted molar refractivity (Wildman–Crippen MR) is 87.2 cm³/mol. The summed E-state index contributed by atoms with van der Waals surface area (Å²) >= 11 is 1.54. The van der Waals surface area contributed by atoms with Gasteiger partial charge in [0.15, 0.2) is 5.82 Å². The van der Waals surface area contributed by atoms with Crippen molar-refractivity contribution < 1.29 is 0 Å². The second-order valence-corrected chi connectivity index (χ2v) is 5.82. The standard InChI is InChI=1S/C15H17N5S/c1-10(2)14-18-19-15(21-3)20(14)17-9-11-8-16-13-7-5-4-6-12(11)13/h4-10,16H,1-3H3/b17-9-. The molecule has 1 N–H and O–H groups in total. The SMILES string of the molecule is CSc1nnc(C(C)C)n1/N=C\c1c[nH]c2ccccc12. The van der Waals surface area contributed by atoms with Crippen LogP contribution in [0.15, 0.2) is 40.7 Å². The van der Waals surface area contributed by atoms with Gasteiger partial charge in [0, 0.05) is 28.6 Å². The van der Waals surface area contributed by atoms with Crippen molar-refractivity contribution in [2.24, 2.45) is 5.10 Å². The van der Waals surface area contributed by atoms with Crippen LogP contribution in [-0.2, 0) is 0 Å². The molecular formula is C15H17N5S. The maximum absolute atomic E-state index is 4.58. The van der Waals surface area contributed by atoms with Crippen LogP contribution in [0.2, 0.25) is 0 Å². The van der Waals surface area contributed by atoms with Gasteiger partial charge < -0.3 is 4.98 Å². The molecule has 0 saturated carbocycles. The van der Waals surface area contributed by atoms with Gasteiger partial charge in [-0.05, 0) is 12.3 Å². The summed E-state index contributed by atoms with van der Waals surface area (Å²) in [5.74, 6) is 1.15. The van der Waals surface area contributed by atoms with Gasteiger partial charge in [0.25, 0.3) is 0 Å². The largest absolute Gasteiger partial charge is 0.361 e. The maximum Gasteiger partial charge on any atom is 0.211 e. The Labute approximate surface area is 127 Å². The van der Waals surface area contributed by atoms with E-state index in [1.807, 2.05) is 35.5 Å². The molecule has 3 aromatic rings. The first-order chi connectivity index (χ1) is 10.2. The van der Waals surface area contributed by atoms with Gasteiger partial charge in [0.05, 0.1) is 6.21 Å². The van der Waals surface area contributed by atoms with E-state index < -0.39 is 0 Å². The molecule has 0 aliphatic rings. The molecule has 0 radical (unpaired) electrons. The van der Waals surface area contributed by atoms with Crippen molar-refractivity contribution in [3.05, 3.63) is 41.9 Å². The number of benzene rings is 1. The topological polar surface area (TPSA) is 58.9 Å². The minimum atomic E-state index is 0.276. The minimum Gasteiger partial charge on any atom is -0.361 e. The number of aromatic nitrogens is 4. The maximum atomic E-state index is 4.58. The molecule has 108 valence electrons. The quantitative estimate of drug-likeness (QED) is 0.592. The second kappa shape index (κ2) is 5.73. The molecule has 0 amide bonds. The third-order valence-electron chi connectivity index (χ3n) is 3.27. The highest BCUT2D eigenvalue weighted by molar-refractivity contribution is 7.98. The first-order valence-electron chi connectivity index (χ1n) is 6.80. The molecule has 0 bridgehead atoms.